The molecule has 4 rings (SSSR count). The second kappa shape index (κ2) is 10.1. The molecule has 1 heterocycles. The molecule has 1 aromatic heterocycles. The van der Waals surface area contributed by atoms with Crippen LogP contribution in [0.1, 0.15) is 12.5 Å². The lowest BCUT2D eigenvalue weighted by Crippen LogP contribution is -2.11. The van der Waals surface area contributed by atoms with Gasteiger partial charge >= 0.3 is 0 Å². The standard InChI is InChI=1S/C23H19ClN4O.ClH/c1-2-27-28(23-21-13-8-18(24)14-22(21)25-16-26-23)19-9-11-20(12-10-19)29-15-17-6-4-3-5-7-17;/h2-14,16H,15H2,1H3;1H. The molecule has 0 unspecified atom stereocenters. The Balaban J connectivity index is 0.00000256. The molecular weight excluding hydrogens is 419 g/mol. The highest BCUT2D eigenvalue weighted by molar-refractivity contribution is 6.31. The summed E-state index contributed by atoms with van der Waals surface area (Å²) < 4.78 is 5.88. The normalized spacial score (nSPS) is 10.7. The summed E-state index contributed by atoms with van der Waals surface area (Å²) in [4.78, 5) is 8.77. The first kappa shape index (κ1) is 21.6. The average molecular weight is 439 g/mol. The molecule has 0 atom stereocenters. The van der Waals surface area contributed by atoms with Crippen molar-refractivity contribution in [3.63, 3.8) is 0 Å². The summed E-state index contributed by atoms with van der Waals surface area (Å²) in [6.07, 6.45) is 3.24. The van der Waals surface area contributed by atoms with Gasteiger partial charge in [0, 0.05) is 16.6 Å². The summed E-state index contributed by atoms with van der Waals surface area (Å²) in [6, 6.07) is 23.4. The Bertz CT molecular complexity index is 1130. The number of halogens is 2. The van der Waals surface area contributed by atoms with Gasteiger partial charge in [-0.05, 0) is 55.0 Å². The molecule has 4 aromatic rings. The number of rotatable bonds is 6. The van der Waals surface area contributed by atoms with Gasteiger partial charge in [0.2, 0.25) is 0 Å². The molecule has 0 radical (unpaired) electrons. The molecular formula is C23H20Cl2N4O. The van der Waals surface area contributed by atoms with Gasteiger partial charge in [-0.25, -0.2) is 15.0 Å². The smallest absolute Gasteiger partial charge is 0.165 e. The monoisotopic (exact) mass is 438 g/mol. The van der Waals surface area contributed by atoms with E-state index in [2.05, 4.69) is 15.1 Å². The van der Waals surface area contributed by atoms with Crippen molar-refractivity contribution in [2.45, 2.75) is 13.5 Å². The Morgan fingerprint density at radius 1 is 1.00 bits per heavy atom. The lowest BCUT2D eigenvalue weighted by molar-refractivity contribution is 0.306. The molecule has 3 aromatic carbocycles. The van der Waals surface area contributed by atoms with E-state index in [1.807, 2.05) is 79.7 Å². The second-order valence-corrected chi connectivity index (χ2v) is 6.75. The molecule has 0 saturated carbocycles. The third kappa shape index (κ3) is 4.87. The minimum Gasteiger partial charge on any atom is -0.489 e. The maximum Gasteiger partial charge on any atom is 0.165 e. The molecule has 0 saturated heterocycles. The maximum absolute atomic E-state index is 6.10. The maximum atomic E-state index is 6.10. The second-order valence-electron chi connectivity index (χ2n) is 6.31. The van der Waals surface area contributed by atoms with Crippen molar-refractivity contribution in [1.29, 1.82) is 0 Å². The first-order valence-corrected chi connectivity index (χ1v) is 9.58. The van der Waals surface area contributed by atoms with Crippen LogP contribution >= 0.6 is 24.0 Å². The number of ether oxygens (including phenoxy) is 1. The number of hydrogen-bond donors (Lipinski definition) is 0. The summed E-state index contributed by atoms with van der Waals surface area (Å²) >= 11 is 6.10. The number of hydrazone groups is 1. The Labute approximate surface area is 186 Å². The van der Waals surface area contributed by atoms with Crippen molar-refractivity contribution < 1.29 is 4.74 Å². The summed E-state index contributed by atoms with van der Waals surface area (Å²) in [5, 5.41) is 7.78. The fourth-order valence-corrected chi connectivity index (χ4v) is 3.13. The quantitative estimate of drug-likeness (QED) is 0.257. The van der Waals surface area contributed by atoms with E-state index < -0.39 is 0 Å². The lowest BCUT2D eigenvalue weighted by Gasteiger charge is -2.19. The molecule has 5 nitrogen and oxygen atoms in total. The third-order valence-corrected chi connectivity index (χ3v) is 4.57. The first-order chi connectivity index (χ1) is 14.2. The fourth-order valence-electron chi connectivity index (χ4n) is 2.97. The third-order valence-electron chi connectivity index (χ3n) is 4.34. The molecule has 0 aliphatic carbocycles. The van der Waals surface area contributed by atoms with Gasteiger partial charge in [-0.1, -0.05) is 41.9 Å². The Hall–Kier alpha value is -3.15. The van der Waals surface area contributed by atoms with Crippen molar-refractivity contribution in [1.82, 2.24) is 9.97 Å². The van der Waals surface area contributed by atoms with Crippen molar-refractivity contribution in [3.8, 4) is 5.75 Å². The highest BCUT2D eigenvalue weighted by Crippen LogP contribution is 2.32. The molecule has 30 heavy (non-hydrogen) atoms. The minimum absolute atomic E-state index is 0. The Kier molecular flexibility index (Phi) is 7.22. The van der Waals surface area contributed by atoms with Crippen LogP contribution in [0.3, 0.4) is 0 Å². The predicted molar refractivity (Wildman–Crippen MR) is 125 cm³/mol. The van der Waals surface area contributed by atoms with Crippen molar-refractivity contribution in [2.24, 2.45) is 5.10 Å². The zero-order valence-electron chi connectivity index (χ0n) is 16.3. The number of anilines is 2. The van der Waals surface area contributed by atoms with Crippen LogP contribution in [0.15, 0.2) is 84.2 Å². The first-order valence-electron chi connectivity index (χ1n) is 9.20. The zero-order valence-corrected chi connectivity index (χ0v) is 17.8. The van der Waals surface area contributed by atoms with Crippen LogP contribution in [0.25, 0.3) is 10.9 Å². The van der Waals surface area contributed by atoms with Crippen molar-refractivity contribution in [2.75, 3.05) is 5.01 Å². The van der Waals surface area contributed by atoms with Gasteiger partial charge in [0.25, 0.3) is 0 Å². The van der Waals surface area contributed by atoms with Gasteiger partial charge in [-0.2, -0.15) is 5.10 Å². The summed E-state index contributed by atoms with van der Waals surface area (Å²) in [6.45, 7) is 2.39. The Morgan fingerprint density at radius 3 is 2.50 bits per heavy atom. The molecule has 0 spiro atoms. The van der Waals surface area contributed by atoms with Gasteiger partial charge in [-0.15, -0.1) is 12.4 Å². The van der Waals surface area contributed by atoms with Crippen LogP contribution in [0.2, 0.25) is 5.02 Å². The highest BCUT2D eigenvalue weighted by atomic mass is 35.5. The molecule has 0 bridgehead atoms. The summed E-state index contributed by atoms with van der Waals surface area (Å²) in [5.74, 6) is 1.47. The van der Waals surface area contributed by atoms with E-state index in [4.69, 9.17) is 16.3 Å². The van der Waals surface area contributed by atoms with Gasteiger partial charge in [0.15, 0.2) is 5.82 Å². The summed E-state index contributed by atoms with van der Waals surface area (Å²) in [7, 11) is 0. The number of benzene rings is 3. The van der Waals surface area contributed by atoms with Gasteiger partial charge in [0.1, 0.15) is 18.7 Å². The van der Waals surface area contributed by atoms with E-state index in [0.717, 1.165) is 27.9 Å². The van der Waals surface area contributed by atoms with E-state index in [1.54, 1.807) is 11.2 Å². The summed E-state index contributed by atoms with van der Waals surface area (Å²) in [5.41, 5.74) is 2.76. The van der Waals surface area contributed by atoms with Gasteiger partial charge < -0.3 is 4.74 Å². The van der Waals surface area contributed by atoms with Crippen LogP contribution < -0.4 is 9.75 Å². The molecule has 152 valence electrons. The average Bonchev–Trinajstić information content (AvgIpc) is 2.77. The predicted octanol–water partition coefficient (Wildman–Crippen LogP) is 6.43. The van der Waals surface area contributed by atoms with Crippen LogP contribution in [0.4, 0.5) is 11.5 Å². The molecule has 7 heteroatoms. The molecule has 0 amide bonds. The molecule has 0 aliphatic heterocycles. The largest absolute Gasteiger partial charge is 0.489 e. The number of fused-ring (bicyclic) bond motifs is 1. The molecule has 0 N–H and O–H groups in total. The molecule has 0 aliphatic rings. The topological polar surface area (TPSA) is 50.6 Å². The van der Waals surface area contributed by atoms with Crippen LogP contribution in [-0.4, -0.2) is 16.2 Å². The zero-order chi connectivity index (χ0) is 20.1. The van der Waals surface area contributed by atoms with Crippen LogP contribution in [0, 0.1) is 0 Å². The number of nitrogens with zero attached hydrogens (tertiary/aromatic N) is 4. The van der Waals surface area contributed by atoms with E-state index in [0.29, 0.717) is 17.4 Å². The van der Waals surface area contributed by atoms with E-state index in [-0.39, 0.29) is 12.4 Å². The minimum atomic E-state index is 0. The molecule has 0 fully saturated rings. The van der Waals surface area contributed by atoms with Gasteiger partial charge in [0.05, 0.1) is 11.2 Å². The van der Waals surface area contributed by atoms with Gasteiger partial charge in [-0.3, -0.25) is 0 Å². The van der Waals surface area contributed by atoms with Crippen LogP contribution in [-0.2, 0) is 6.61 Å². The van der Waals surface area contributed by atoms with Crippen molar-refractivity contribution in [3.05, 3.63) is 89.7 Å². The van der Waals surface area contributed by atoms with Crippen LogP contribution in [0.5, 0.6) is 5.75 Å². The number of hydrogen-bond acceptors (Lipinski definition) is 5. The van der Waals surface area contributed by atoms with E-state index in [9.17, 15) is 0 Å². The Morgan fingerprint density at radius 2 is 1.77 bits per heavy atom. The lowest BCUT2D eigenvalue weighted by atomic mass is 10.2. The highest BCUT2D eigenvalue weighted by Gasteiger charge is 2.14. The number of aromatic nitrogens is 2. The van der Waals surface area contributed by atoms with Crippen molar-refractivity contribution >= 4 is 52.6 Å². The van der Waals surface area contributed by atoms with E-state index in [1.165, 1.54) is 6.33 Å². The fraction of sp³-hybridized carbons (Fsp3) is 0.0870. The van der Waals surface area contributed by atoms with E-state index >= 15 is 0 Å². The SMILES string of the molecule is CC=NN(c1ccc(OCc2ccccc2)cc1)c1ncnc2cc(Cl)ccc12.Cl.